The molecule has 0 spiro atoms. The molecule has 0 saturated heterocycles. The summed E-state index contributed by atoms with van der Waals surface area (Å²) in [6.45, 7) is 9.89. The summed E-state index contributed by atoms with van der Waals surface area (Å²) < 4.78 is 6.54. The lowest BCUT2D eigenvalue weighted by Gasteiger charge is -2.22. The summed E-state index contributed by atoms with van der Waals surface area (Å²) in [4.78, 5) is 2.22. The van der Waals surface area contributed by atoms with E-state index in [9.17, 15) is 0 Å². The number of halogens is 1. The largest absolute Gasteiger partial charge is 0.380 e. The summed E-state index contributed by atoms with van der Waals surface area (Å²) in [7, 11) is 2.09. The van der Waals surface area contributed by atoms with Crippen molar-refractivity contribution >= 4 is 21.6 Å². The zero-order valence-corrected chi connectivity index (χ0v) is 14.7. The Balaban J connectivity index is 2.67. The fourth-order valence-electron chi connectivity index (χ4n) is 2.05. The average Bonchev–Trinajstić information content (AvgIpc) is 2.44. The molecule has 0 radical (unpaired) electrons. The predicted molar refractivity (Wildman–Crippen MR) is 90.6 cm³/mol. The maximum Gasteiger partial charge on any atom is 0.0641 e. The minimum absolute atomic E-state index is 0.383. The van der Waals surface area contributed by atoms with Gasteiger partial charge < -0.3 is 15.0 Å². The van der Waals surface area contributed by atoms with Crippen LogP contribution >= 0.6 is 15.9 Å². The SMILES string of the molecule is CCCNC(C)c1ccc(N(C)CCOCC)c(Br)c1. The van der Waals surface area contributed by atoms with Gasteiger partial charge in [-0.15, -0.1) is 0 Å². The smallest absolute Gasteiger partial charge is 0.0641 e. The Bertz CT molecular complexity index is 398. The number of nitrogens with zero attached hydrogens (tertiary/aromatic N) is 1. The van der Waals surface area contributed by atoms with E-state index in [4.69, 9.17) is 4.74 Å². The first kappa shape index (κ1) is 17.5. The predicted octanol–water partition coefficient (Wildman–Crippen LogP) is 3.98. The third-order valence-corrected chi connectivity index (χ3v) is 3.99. The molecule has 0 aromatic heterocycles. The van der Waals surface area contributed by atoms with Gasteiger partial charge in [0.2, 0.25) is 0 Å². The molecule has 0 aliphatic heterocycles. The molecule has 114 valence electrons. The summed E-state index contributed by atoms with van der Waals surface area (Å²) in [5.41, 5.74) is 2.52. The third-order valence-electron chi connectivity index (χ3n) is 3.36. The molecule has 1 unspecified atom stereocenters. The molecule has 1 rings (SSSR count). The maximum atomic E-state index is 5.40. The summed E-state index contributed by atoms with van der Waals surface area (Å²) in [5.74, 6) is 0. The Morgan fingerprint density at radius 3 is 2.70 bits per heavy atom. The van der Waals surface area contributed by atoms with Crippen molar-refractivity contribution in [1.82, 2.24) is 5.32 Å². The van der Waals surface area contributed by atoms with E-state index in [-0.39, 0.29) is 0 Å². The number of rotatable bonds is 9. The van der Waals surface area contributed by atoms with Crippen molar-refractivity contribution in [1.29, 1.82) is 0 Å². The molecular formula is C16H27BrN2O. The van der Waals surface area contributed by atoms with Gasteiger partial charge in [0.1, 0.15) is 0 Å². The number of hydrogen-bond acceptors (Lipinski definition) is 3. The lowest BCUT2D eigenvalue weighted by molar-refractivity contribution is 0.154. The van der Waals surface area contributed by atoms with Gasteiger partial charge in [0, 0.05) is 30.7 Å². The lowest BCUT2D eigenvalue weighted by atomic mass is 10.1. The third kappa shape index (κ3) is 5.43. The molecule has 0 bridgehead atoms. The van der Waals surface area contributed by atoms with Gasteiger partial charge in [0.15, 0.2) is 0 Å². The molecule has 4 heteroatoms. The van der Waals surface area contributed by atoms with Gasteiger partial charge in [0.25, 0.3) is 0 Å². The van der Waals surface area contributed by atoms with Crippen molar-refractivity contribution in [2.24, 2.45) is 0 Å². The van der Waals surface area contributed by atoms with Crippen LogP contribution in [-0.2, 0) is 4.74 Å². The van der Waals surface area contributed by atoms with E-state index in [1.165, 1.54) is 11.3 Å². The van der Waals surface area contributed by atoms with E-state index in [1.807, 2.05) is 6.92 Å². The first-order valence-corrected chi connectivity index (χ1v) is 8.21. The van der Waals surface area contributed by atoms with E-state index < -0.39 is 0 Å². The Kier molecular flexibility index (Phi) is 8.19. The van der Waals surface area contributed by atoms with E-state index in [2.05, 4.69) is 65.2 Å². The van der Waals surface area contributed by atoms with Gasteiger partial charge in [0.05, 0.1) is 12.3 Å². The van der Waals surface area contributed by atoms with Gasteiger partial charge in [-0.05, 0) is 60.4 Å². The van der Waals surface area contributed by atoms with Crippen LogP contribution in [-0.4, -0.2) is 33.4 Å². The highest BCUT2D eigenvalue weighted by Crippen LogP contribution is 2.28. The number of anilines is 1. The summed E-state index contributed by atoms with van der Waals surface area (Å²) in [5, 5.41) is 3.51. The van der Waals surface area contributed by atoms with Gasteiger partial charge in [-0.1, -0.05) is 13.0 Å². The second-order valence-corrected chi connectivity index (χ2v) is 5.86. The second kappa shape index (κ2) is 9.37. The van der Waals surface area contributed by atoms with Gasteiger partial charge in [-0.25, -0.2) is 0 Å². The molecular weight excluding hydrogens is 316 g/mol. The monoisotopic (exact) mass is 342 g/mol. The fourth-order valence-corrected chi connectivity index (χ4v) is 2.75. The standard InChI is InChI=1S/C16H27BrN2O/c1-5-9-18-13(3)14-7-8-16(15(17)12-14)19(4)10-11-20-6-2/h7-8,12-13,18H,5-6,9-11H2,1-4H3. The van der Waals surface area contributed by atoms with Crippen LogP contribution in [0.25, 0.3) is 0 Å². The van der Waals surface area contributed by atoms with Crippen LogP contribution in [0.5, 0.6) is 0 Å². The fraction of sp³-hybridized carbons (Fsp3) is 0.625. The molecule has 0 fully saturated rings. The number of ether oxygens (including phenoxy) is 1. The topological polar surface area (TPSA) is 24.5 Å². The molecule has 1 aromatic rings. The van der Waals surface area contributed by atoms with Gasteiger partial charge in [-0.3, -0.25) is 0 Å². The molecule has 20 heavy (non-hydrogen) atoms. The molecule has 0 amide bonds. The van der Waals surface area contributed by atoms with E-state index in [0.717, 1.165) is 37.2 Å². The van der Waals surface area contributed by atoms with Gasteiger partial charge >= 0.3 is 0 Å². The highest BCUT2D eigenvalue weighted by molar-refractivity contribution is 9.10. The summed E-state index contributed by atoms with van der Waals surface area (Å²) >= 11 is 3.68. The van der Waals surface area contributed by atoms with Crippen molar-refractivity contribution in [2.45, 2.75) is 33.2 Å². The Morgan fingerprint density at radius 1 is 1.35 bits per heavy atom. The molecule has 1 atom stereocenters. The normalized spacial score (nSPS) is 12.4. The van der Waals surface area contributed by atoms with Crippen molar-refractivity contribution in [2.75, 3.05) is 38.3 Å². The Morgan fingerprint density at radius 2 is 2.10 bits per heavy atom. The van der Waals surface area contributed by atoms with E-state index >= 15 is 0 Å². The number of benzene rings is 1. The summed E-state index contributed by atoms with van der Waals surface area (Å²) in [6.07, 6.45) is 1.16. The molecule has 0 saturated carbocycles. The van der Waals surface area contributed by atoms with Crippen LogP contribution in [0.15, 0.2) is 22.7 Å². The number of likely N-dealkylation sites (N-methyl/N-ethyl adjacent to an activating group) is 1. The highest BCUT2D eigenvalue weighted by atomic mass is 79.9. The molecule has 3 nitrogen and oxygen atoms in total. The van der Waals surface area contributed by atoms with Crippen LogP contribution in [0.3, 0.4) is 0 Å². The van der Waals surface area contributed by atoms with Crippen LogP contribution in [0.2, 0.25) is 0 Å². The van der Waals surface area contributed by atoms with Crippen molar-refractivity contribution in [3.05, 3.63) is 28.2 Å². The second-order valence-electron chi connectivity index (χ2n) is 5.01. The number of nitrogens with one attached hydrogen (secondary N) is 1. The number of hydrogen-bond donors (Lipinski definition) is 1. The highest BCUT2D eigenvalue weighted by Gasteiger charge is 2.10. The molecule has 0 aliphatic rings. The van der Waals surface area contributed by atoms with E-state index in [1.54, 1.807) is 0 Å². The van der Waals surface area contributed by atoms with Crippen LogP contribution in [0, 0.1) is 0 Å². The first-order valence-electron chi connectivity index (χ1n) is 7.41. The van der Waals surface area contributed by atoms with Crippen molar-refractivity contribution in [3.8, 4) is 0 Å². The minimum Gasteiger partial charge on any atom is -0.380 e. The van der Waals surface area contributed by atoms with Crippen LogP contribution in [0.1, 0.15) is 38.8 Å². The molecule has 1 N–H and O–H groups in total. The average molecular weight is 343 g/mol. The molecule has 0 heterocycles. The van der Waals surface area contributed by atoms with Gasteiger partial charge in [-0.2, -0.15) is 0 Å². The summed E-state index contributed by atoms with van der Waals surface area (Å²) in [6, 6.07) is 6.97. The van der Waals surface area contributed by atoms with E-state index in [0.29, 0.717) is 6.04 Å². The van der Waals surface area contributed by atoms with Crippen molar-refractivity contribution in [3.63, 3.8) is 0 Å². The Hall–Kier alpha value is -0.580. The Labute approximate surface area is 131 Å². The van der Waals surface area contributed by atoms with Crippen molar-refractivity contribution < 1.29 is 4.74 Å². The van der Waals surface area contributed by atoms with Crippen LogP contribution < -0.4 is 10.2 Å². The van der Waals surface area contributed by atoms with Crippen LogP contribution in [0.4, 0.5) is 5.69 Å². The zero-order chi connectivity index (χ0) is 15.0. The minimum atomic E-state index is 0.383. The lowest BCUT2D eigenvalue weighted by Crippen LogP contribution is -2.23. The quantitative estimate of drug-likeness (QED) is 0.687. The molecule has 1 aromatic carbocycles. The maximum absolute atomic E-state index is 5.40. The molecule has 0 aliphatic carbocycles. The zero-order valence-electron chi connectivity index (χ0n) is 13.1. The first-order chi connectivity index (χ1) is 9.60.